The summed E-state index contributed by atoms with van der Waals surface area (Å²) in [5, 5.41) is 28.2. The van der Waals surface area contributed by atoms with Gasteiger partial charge in [0.25, 0.3) is 5.69 Å². The number of halogens is 1. The lowest BCUT2D eigenvalue weighted by Crippen LogP contribution is -2.04. The molecule has 2 aromatic carbocycles. The van der Waals surface area contributed by atoms with Crippen LogP contribution in [0, 0.1) is 10.1 Å². The van der Waals surface area contributed by atoms with E-state index in [2.05, 4.69) is 49.1 Å². The van der Waals surface area contributed by atoms with Crippen molar-refractivity contribution in [2.75, 3.05) is 0 Å². The summed E-state index contributed by atoms with van der Waals surface area (Å²) < 4.78 is 2.65. The Morgan fingerprint density at radius 2 is 1.82 bits per heavy atom. The molecule has 2 aromatic heterocycles. The Bertz CT molecular complexity index is 1140. The first kappa shape index (κ1) is 18.3. The SMILES string of the molecule is O=[N+]([O-])c1ccc(Cn2nnc(-c3cnn(-c4ccc(Br)cc4)c3S)n2)cc1. The van der Waals surface area contributed by atoms with Crippen LogP contribution in [-0.2, 0) is 6.54 Å². The molecule has 0 amide bonds. The smallest absolute Gasteiger partial charge is 0.258 e. The molecule has 4 aromatic rings. The van der Waals surface area contributed by atoms with Gasteiger partial charge < -0.3 is 0 Å². The number of nitrogens with zero attached hydrogens (tertiary/aromatic N) is 7. The molecule has 0 atom stereocenters. The van der Waals surface area contributed by atoms with E-state index >= 15 is 0 Å². The summed E-state index contributed by atoms with van der Waals surface area (Å²) >= 11 is 7.96. The van der Waals surface area contributed by atoms with Gasteiger partial charge in [0.15, 0.2) is 0 Å². The third-order valence-corrected chi connectivity index (χ3v) is 4.94. The lowest BCUT2D eigenvalue weighted by atomic mass is 10.2. The van der Waals surface area contributed by atoms with Gasteiger partial charge in [-0.3, -0.25) is 10.1 Å². The number of thiol groups is 1. The number of nitro benzene ring substituents is 1. The Labute approximate surface area is 172 Å². The molecular weight excluding hydrogens is 446 g/mol. The zero-order valence-electron chi connectivity index (χ0n) is 14.2. The first-order chi connectivity index (χ1) is 13.5. The minimum atomic E-state index is -0.438. The Morgan fingerprint density at radius 1 is 1.11 bits per heavy atom. The summed E-state index contributed by atoms with van der Waals surface area (Å²) in [6.45, 7) is 0.341. The minimum Gasteiger partial charge on any atom is -0.258 e. The average molecular weight is 458 g/mol. The molecule has 28 heavy (non-hydrogen) atoms. The summed E-state index contributed by atoms with van der Waals surface area (Å²) in [6, 6.07) is 13.9. The monoisotopic (exact) mass is 457 g/mol. The second-order valence-electron chi connectivity index (χ2n) is 5.84. The van der Waals surface area contributed by atoms with Crippen molar-refractivity contribution in [3.05, 3.63) is 74.9 Å². The van der Waals surface area contributed by atoms with Gasteiger partial charge in [-0.1, -0.05) is 28.1 Å². The van der Waals surface area contributed by atoms with Gasteiger partial charge >= 0.3 is 0 Å². The van der Waals surface area contributed by atoms with E-state index in [1.54, 1.807) is 23.0 Å². The second-order valence-corrected chi connectivity index (χ2v) is 7.18. The van der Waals surface area contributed by atoms with E-state index in [0.717, 1.165) is 15.7 Å². The molecule has 9 nitrogen and oxygen atoms in total. The molecule has 0 fully saturated rings. The number of tetrazole rings is 1. The Hall–Kier alpha value is -3.05. The zero-order chi connectivity index (χ0) is 19.7. The van der Waals surface area contributed by atoms with E-state index < -0.39 is 4.92 Å². The van der Waals surface area contributed by atoms with Gasteiger partial charge in [-0.25, -0.2) is 4.68 Å². The van der Waals surface area contributed by atoms with E-state index in [0.29, 0.717) is 23.0 Å². The minimum absolute atomic E-state index is 0.0380. The molecule has 2 heterocycles. The molecule has 0 bridgehead atoms. The number of hydrogen-bond donors (Lipinski definition) is 1. The van der Waals surface area contributed by atoms with E-state index in [4.69, 9.17) is 0 Å². The van der Waals surface area contributed by atoms with Crippen LogP contribution < -0.4 is 0 Å². The highest BCUT2D eigenvalue weighted by atomic mass is 79.9. The molecule has 4 rings (SSSR count). The van der Waals surface area contributed by atoms with Gasteiger partial charge in [0.1, 0.15) is 5.03 Å². The van der Waals surface area contributed by atoms with Crippen molar-refractivity contribution in [3.63, 3.8) is 0 Å². The molecule has 0 aliphatic carbocycles. The molecule has 140 valence electrons. The van der Waals surface area contributed by atoms with Crippen molar-refractivity contribution in [2.45, 2.75) is 11.6 Å². The van der Waals surface area contributed by atoms with Crippen LogP contribution in [0.3, 0.4) is 0 Å². The molecule has 11 heteroatoms. The third kappa shape index (κ3) is 3.66. The number of rotatable bonds is 5. The maximum absolute atomic E-state index is 10.7. The number of aromatic nitrogens is 6. The predicted molar refractivity (Wildman–Crippen MR) is 108 cm³/mol. The highest BCUT2D eigenvalue weighted by molar-refractivity contribution is 9.10. The zero-order valence-corrected chi connectivity index (χ0v) is 16.7. The van der Waals surface area contributed by atoms with Crippen molar-refractivity contribution >= 4 is 34.2 Å². The van der Waals surface area contributed by atoms with Crippen LogP contribution >= 0.6 is 28.6 Å². The topological polar surface area (TPSA) is 105 Å². The van der Waals surface area contributed by atoms with Crippen LogP contribution in [0.1, 0.15) is 5.56 Å². The largest absolute Gasteiger partial charge is 0.269 e. The van der Waals surface area contributed by atoms with Gasteiger partial charge in [0, 0.05) is 16.6 Å². The van der Waals surface area contributed by atoms with Crippen LogP contribution in [-0.4, -0.2) is 34.9 Å². The molecule has 0 aliphatic rings. The standard InChI is InChI=1S/C17H12BrN7O2S/c18-12-3-7-13(8-4-12)24-17(28)15(9-19-24)16-20-22-23(21-16)10-11-1-5-14(6-2-11)25(26)27/h1-9,28H,10H2. The molecular formula is C17H12BrN7O2S. The number of hydrogen-bond acceptors (Lipinski definition) is 7. The summed E-state index contributed by atoms with van der Waals surface area (Å²) in [4.78, 5) is 11.7. The van der Waals surface area contributed by atoms with Gasteiger partial charge in [0.2, 0.25) is 5.82 Å². The lowest BCUT2D eigenvalue weighted by molar-refractivity contribution is -0.384. The van der Waals surface area contributed by atoms with Crippen LogP contribution in [0.25, 0.3) is 17.1 Å². The highest BCUT2D eigenvalue weighted by Crippen LogP contribution is 2.26. The molecule has 0 aliphatic heterocycles. The summed E-state index contributed by atoms with van der Waals surface area (Å²) in [5.74, 6) is 0.398. The van der Waals surface area contributed by atoms with E-state index in [9.17, 15) is 10.1 Å². The van der Waals surface area contributed by atoms with Gasteiger partial charge in [-0.15, -0.1) is 22.8 Å². The second kappa shape index (κ2) is 7.52. The van der Waals surface area contributed by atoms with Crippen LogP contribution in [0.4, 0.5) is 5.69 Å². The molecule has 0 saturated carbocycles. The number of benzene rings is 2. The van der Waals surface area contributed by atoms with E-state index in [1.807, 2.05) is 24.3 Å². The molecule has 0 N–H and O–H groups in total. The normalized spacial score (nSPS) is 10.9. The van der Waals surface area contributed by atoms with Crippen LogP contribution in [0.2, 0.25) is 0 Å². The van der Waals surface area contributed by atoms with Crippen molar-refractivity contribution in [1.29, 1.82) is 0 Å². The lowest BCUT2D eigenvalue weighted by Gasteiger charge is -2.03. The van der Waals surface area contributed by atoms with Crippen molar-refractivity contribution < 1.29 is 4.92 Å². The first-order valence-corrected chi connectivity index (χ1v) is 9.30. The van der Waals surface area contributed by atoms with Crippen molar-refractivity contribution in [2.24, 2.45) is 0 Å². The van der Waals surface area contributed by atoms with E-state index in [-0.39, 0.29) is 5.69 Å². The molecule has 0 saturated heterocycles. The van der Waals surface area contributed by atoms with Crippen LogP contribution in [0.15, 0.2) is 64.2 Å². The van der Waals surface area contributed by atoms with Crippen molar-refractivity contribution in [3.8, 4) is 17.1 Å². The first-order valence-electron chi connectivity index (χ1n) is 8.06. The van der Waals surface area contributed by atoms with Gasteiger partial charge in [-0.05, 0) is 35.0 Å². The van der Waals surface area contributed by atoms with Gasteiger partial charge in [-0.2, -0.15) is 9.90 Å². The van der Waals surface area contributed by atoms with Crippen molar-refractivity contribution in [1.82, 2.24) is 30.0 Å². The fraction of sp³-hybridized carbons (Fsp3) is 0.0588. The number of nitro groups is 1. The average Bonchev–Trinajstić information content (AvgIpc) is 3.29. The quantitative estimate of drug-likeness (QED) is 0.279. The fourth-order valence-corrected chi connectivity index (χ4v) is 3.16. The Kier molecular flexibility index (Phi) is 4.92. The van der Waals surface area contributed by atoms with Crippen LogP contribution in [0.5, 0.6) is 0 Å². The highest BCUT2D eigenvalue weighted by Gasteiger charge is 2.16. The Balaban J connectivity index is 1.56. The summed E-state index contributed by atoms with van der Waals surface area (Å²) in [7, 11) is 0. The maximum atomic E-state index is 10.7. The molecule has 0 unspecified atom stereocenters. The third-order valence-electron chi connectivity index (χ3n) is 3.98. The maximum Gasteiger partial charge on any atom is 0.269 e. The van der Waals surface area contributed by atoms with Gasteiger partial charge in [0.05, 0.1) is 28.9 Å². The Morgan fingerprint density at radius 3 is 2.50 bits per heavy atom. The predicted octanol–water partition coefficient (Wildman–Crippen LogP) is 3.53. The summed E-state index contributed by atoms with van der Waals surface area (Å²) in [6.07, 6.45) is 1.64. The van der Waals surface area contributed by atoms with E-state index in [1.165, 1.54) is 16.9 Å². The summed E-state index contributed by atoms with van der Waals surface area (Å²) in [5.41, 5.74) is 2.38. The number of non-ortho nitro benzene ring substituents is 1. The molecule has 0 spiro atoms. The molecule has 0 radical (unpaired) electrons. The fourth-order valence-electron chi connectivity index (χ4n) is 2.58.